The molecule has 2 aromatic rings. The minimum Gasteiger partial charge on any atom is -0.477 e. The van der Waals surface area contributed by atoms with E-state index in [0.717, 1.165) is 0 Å². The molecule has 2 rings (SSSR count). The predicted molar refractivity (Wildman–Crippen MR) is 48.7 cm³/mol. The lowest BCUT2D eigenvalue weighted by Crippen LogP contribution is -1.99. The van der Waals surface area contributed by atoms with Gasteiger partial charge >= 0.3 is 5.97 Å². The van der Waals surface area contributed by atoms with Gasteiger partial charge in [0.1, 0.15) is 11.5 Å². The number of carboxylic acid groups (broad SMARTS) is 1. The topological polar surface area (TPSA) is 50.2 Å². The number of hydrogen-bond acceptors (Lipinski definition) is 2. The van der Waals surface area contributed by atoms with E-state index < -0.39 is 5.97 Å². The number of aromatic nitrogens is 1. The fourth-order valence-corrected chi connectivity index (χ4v) is 1.23. The lowest BCUT2D eigenvalue weighted by atomic mass is 10.1. The van der Waals surface area contributed by atoms with Crippen LogP contribution in [0.1, 0.15) is 10.5 Å². The first-order valence-corrected chi connectivity index (χ1v) is 3.95. The molecule has 1 aromatic carbocycles. The monoisotopic (exact) mass is 191 g/mol. The van der Waals surface area contributed by atoms with E-state index in [9.17, 15) is 9.18 Å². The van der Waals surface area contributed by atoms with Crippen LogP contribution in [0.3, 0.4) is 0 Å². The summed E-state index contributed by atoms with van der Waals surface area (Å²) in [6, 6.07) is 5.54. The molecule has 1 heterocycles. The molecule has 0 spiro atoms. The highest BCUT2D eigenvalue weighted by Crippen LogP contribution is 2.15. The van der Waals surface area contributed by atoms with E-state index >= 15 is 0 Å². The molecule has 0 fully saturated rings. The second kappa shape index (κ2) is 3.06. The van der Waals surface area contributed by atoms with Crippen LogP contribution < -0.4 is 0 Å². The Hall–Kier alpha value is -1.97. The Kier molecular flexibility index (Phi) is 1.89. The van der Waals surface area contributed by atoms with Gasteiger partial charge in [0.2, 0.25) is 0 Å². The summed E-state index contributed by atoms with van der Waals surface area (Å²) in [7, 11) is 0. The van der Waals surface area contributed by atoms with Gasteiger partial charge in [-0.05, 0) is 23.6 Å². The van der Waals surface area contributed by atoms with E-state index in [-0.39, 0.29) is 11.5 Å². The van der Waals surface area contributed by atoms with Crippen molar-refractivity contribution in [1.29, 1.82) is 0 Å². The van der Waals surface area contributed by atoms with Crippen molar-refractivity contribution in [1.82, 2.24) is 4.98 Å². The van der Waals surface area contributed by atoms with Crippen LogP contribution in [0.15, 0.2) is 30.5 Å². The van der Waals surface area contributed by atoms with Crippen molar-refractivity contribution in [2.75, 3.05) is 0 Å². The highest BCUT2D eigenvalue weighted by molar-refractivity contribution is 5.91. The van der Waals surface area contributed by atoms with Gasteiger partial charge in [-0.2, -0.15) is 0 Å². The minimum atomic E-state index is -1.09. The maximum atomic E-state index is 12.8. The van der Waals surface area contributed by atoms with Gasteiger partial charge in [-0.25, -0.2) is 14.2 Å². The van der Waals surface area contributed by atoms with Gasteiger partial charge in [0, 0.05) is 11.6 Å². The first-order chi connectivity index (χ1) is 6.66. The molecule has 0 atom stereocenters. The number of aromatic carboxylic acids is 1. The first kappa shape index (κ1) is 8.62. The van der Waals surface area contributed by atoms with Gasteiger partial charge in [-0.3, -0.25) is 0 Å². The van der Waals surface area contributed by atoms with Gasteiger partial charge in [-0.1, -0.05) is 6.07 Å². The number of nitrogens with zero attached hydrogens (tertiary/aromatic N) is 1. The number of carbonyl (C=O) groups is 1. The standard InChI is InChI=1S/C10H6FNO2/c11-8-2-1-6-4-9(10(13)14)12-5-7(6)3-8/h1-5H,(H,13,14). The smallest absolute Gasteiger partial charge is 0.354 e. The summed E-state index contributed by atoms with van der Waals surface area (Å²) < 4.78 is 12.8. The number of benzene rings is 1. The van der Waals surface area contributed by atoms with Crippen molar-refractivity contribution >= 4 is 16.7 Å². The molecule has 0 saturated carbocycles. The summed E-state index contributed by atoms with van der Waals surface area (Å²) in [5.41, 5.74) is -0.0379. The second-order valence-corrected chi connectivity index (χ2v) is 2.87. The molecule has 0 aliphatic heterocycles. The predicted octanol–water partition coefficient (Wildman–Crippen LogP) is 2.07. The second-order valence-electron chi connectivity index (χ2n) is 2.87. The number of carboxylic acids is 1. The van der Waals surface area contributed by atoms with E-state index in [0.29, 0.717) is 10.8 Å². The summed E-state index contributed by atoms with van der Waals surface area (Å²) >= 11 is 0. The van der Waals surface area contributed by atoms with Crippen molar-refractivity contribution in [3.05, 3.63) is 42.0 Å². The van der Waals surface area contributed by atoms with Crippen molar-refractivity contribution < 1.29 is 14.3 Å². The molecule has 1 aromatic heterocycles. The third-order valence-corrected chi connectivity index (χ3v) is 1.90. The van der Waals surface area contributed by atoms with Gasteiger partial charge < -0.3 is 5.11 Å². The van der Waals surface area contributed by atoms with Crippen LogP contribution >= 0.6 is 0 Å². The maximum absolute atomic E-state index is 12.8. The van der Waals surface area contributed by atoms with Crippen molar-refractivity contribution in [2.24, 2.45) is 0 Å². The van der Waals surface area contributed by atoms with Gasteiger partial charge in [0.25, 0.3) is 0 Å². The average molecular weight is 191 g/mol. The highest BCUT2D eigenvalue weighted by atomic mass is 19.1. The Balaban J connectivity index is 2.67. The highest BCUT2D eigenvalue weighted by Gasteiger charge is 2.05. The molecule has 0 amide bonds. The molecule has 0 bridgehead atoms. The summed E-state index contributed by atoms with van der Waals surface area (Å²) in [5.74, 6) is -1.45. The van der Waals surface area contributed by atoms with Crippen LogP contribution in [0, 0.1) is 5.82 Å². The molecule has 3 nitrogen and oxygen atoms in total. The third-order valence-electron chi connectivity index (χ3n) is 1.90. The number of pyridine rings is 1. The summed E-state index contributed by atoms with van der Waals surface area (Å²) in [6.45, 7) is 0. The largest absolute Gasteiger partial charge is 0.477 e. The fourth-order valence-electron chi connectivity index (χ4n) is 1.23. The minimum absolute atomic E-state index is 0.0379. The van der Waals surface area contributed by atoms with Crippen molar-refractivity contribution in [3.63, 3.8) is 0 Å². The lowest BCUT2D eigenvalue weighted by molar-refractivity contribution is 0.0691. The maximum Gasteiger partial charge on any atom is 0.354 e. The number of fused-ring (bicyclic) bond motifs is 1. The Bertz CT molecular complexity index is 510. The summed E-state index contributed by atoms with van der Waals surface area (Å²) in [6.07, 6.45) is 1.35. The Labute approximate surface area is 78.8 Å². The zero-order valence-corrected chi connectivity index (χ0v) is 7.07. The van der Waals surface area contributed by atoms with Gasteiger partial charge in [-0.15, -0.1) is 0 Å². The molecule has 0 unspecified atom stereocenters. The van der Waals surface area contributed by atoms with E-state index in [4.69, 9.17) is 5.11 Å². The molecule has 0 radical (unpaired) electrons. The SMILES string of the molecule is O=C(O)c1cc2ccc(F)cc2cn1. The van der Waals surface area contributed by atoms with E-state index in [2.05, 4.69) is 4.98 Å². The Morgan fingerprint density at radius 3 is 2.79 bits per heavy atom. The number of halogens is 1. The molecule has 14 heavy (non-hydrogen) atoms. The fraction of sp³-hybridized carbons (Fsp3) is 0. The average Bonchev–Trinajstić information content (AvgIpc) is 2.16. The zero-order valence-electron chi connectivity index (χ0n) is 7.07. The van der Waals surface area contributed by atoms with Crippen LogP contribution in [-0.4, -0.2) is 16.1 Å². The number of rotatable bonds is 1. The van der Waals surface area contributed by atoms with Crippen molar-refractivity contribution in [2.45, 2.75) is 0 Å². The summed E-state index contributed by atoms with van der Waals surface area (Å²) in [4.78, 5) is 14.3. The van der Waals surface area contributed by atoms with Crippen LogP contribution in [0.5, 0.6) is 0 Å². The first-order valence-electron chi connectivity index (χ1n) is 3.95. The zero-order chi connectivity index (χ0) is 10.1. The Morgan fingerprint density at radius 1 is 1.29 bits per heavy atom. The van der Waals surface area contributed by atoms with Crippen molar-refractivity contribution in [3.8, 4) is 0 Å². The summed E-state index contributed by atoms with van der Waals surface area (Å²) in [5, 5.41) is 9.92. The van der Waals surface area contributed by atoms with Crippen LogP contribution in [0.25, 0.3) is 10.8 Å². The molecular formula is C10H6FNO2. The molecule has 0 aliphatic rings. The molecule has 1 N–H and O–H groups in total. The normalized spacial score (nSPS) is 10.4. The molecule has 70 valence electrons. The Morgan fingerprint density at radius 2 is 2.07 bits per heavy atom. The van der Waals surface area contributed by atoms with Gasteiger partial charge in [0.05, 0.1) is 0 Å². The lowest BCUT2D eigenvalue weighted by Gasteiger charge is -1.98. The molecule has 4 heteroatoms. The van der Waals surface area contributed by atoms with Gasteiger partial charge in [0.15, 0.2) is 0 Å². The van der Waals surface area contributed by atoms with Crippen LogP contribution in [0.4, 0.5) is 4.39 Å². The molecule has 0 aliphatic carbocycles. The third kappa shape index (κ3) is 1.42. The van der Waals surface area contributed by atoms with Crippen LogP contribution in [-0.2, 0) is 0 Å². The van der Waals surface area contributed by atoms with E-state index in [1.54, 1.807) is 0 Å². The van der Waals surface area contributed by atoms with E-state index in [1.807, 2.05) is 0 Å². The van der Waals surface area contributed by atoms with Crippen LogP contribution in [0.2, 0.25) is 0 Å². The quantitative estimate of drug-likeness (QED) is 0.750. The molecular weight excluding hydrogens is 185 g/mol. The number of hydrogen-bond donors (Lipinski definition) is 1. The molecule has 0 saturated heterocycles. The van der Waals surface area contributed by atoms with E-state index in [1.165, 1.54) is 30.5 Å².